The fourth-order valence-corrected chi connectivity index (χ4v) is 3.42. The number of rotatable bonds is 6. The van der Waals surface area contributed by atoms with Gasteiger partial charge in [-0.05, 0) is 41.9 Å². The molecule has 9 heteroatoms. The zero-order valence-electron chi connectivity index (χ0n) is 11.7. The second-order valence-electron chi connectivity index (χ2n) is 4.21. The predicted octanol–water partition coefficient (Wildman–Crippen LogP) is 1.32. The number of nitrogens with one attached hydrogen (secondary N) is 1. The number of amides is 1. The summed E-state index contributed by atoms with van der Waals surface area (Å²) in [5.41, 5.74) is 5.60. The van der Waals surface area contributed by atoms with Gasteiger partial charge in [0.2, 0.25) is 15.9 Å². The number of nitrogens with two attached hydrogens (primary N) is 1. The first kappa shape index (κ1) is 17.9. The van der Waals surface area contributed by atoms with Crippen molar-refractivity contribution in [2.45, 2.75) is 18.7 Å². The van der Waals surface area contributed by atoms with E-state index >= 15 is 0 Å². The highest BCUT2D eigenvalue weighted by Crippen LogP contribution is 2.25. The molecule has 0 saturated carbocycles. The first-order valence-corrected chi connectivity index (χ1v) is 8.52. The third-order valence-electron chi connectivity index (χ3n) is 2.84. The number of sulfonamides is 1. The molecule has 0 aliphatic heterocycles. The number of carbonyl (C=O) groups excluding carboxylic acids is 1. The lowest BCUT2D eigenvalue weighted by atomic mass is 10.3. The molecule has 0 unspecified atom stereocenters. The summed E-state index contributed by atoms with van der Waals surface area (Å²) < 4.78 is 40.0. The Morgan fingerprint density at radius 3 is 2.48 bits per heavy atom. The van der Waals surface area contributed by atoms with Crippen LogP contribution in [0.1, 0.15) is 13.8 Å². The molecule has 1 rings (SSSR count). The van der Waals surface area contributed by atoms with Gasteiger partial charge in [-0.25, -0.2) is 17.5 Å². The quantitative estimate of drug-likeness (QED) is 0.726. The average molecular weight is 382 g/mol. The topological polar surface area (TPSA) is 92.5 Å². The van der Waals surface area contributed by atoms with Crippen LogP contribution >= 0.6 is 15.9 Å². The van der Waals surface area contributed by atoms with Gasteiger partial charge >= 0.3 is 0 Å². The molecule has 0 heterocycles. The monoisotopic (exact) mass is 381 g/mol. The molecule has 118 valence electrons. The summed E-state index contributed by atoms with van der Waals surface area (Å²) in [5, 5.41) is 0. The molecule has 0 saturated heterocycles. The Morgan fingerprint density at radius 1 is 1.38 bits per heavy atom. The van der Waals surface area contributed by atoms with E-state index in [-0.39, 0.29) is 16.1 Å². The van der Waals surface area contributed by atoms with Crippen molar-refractivity contribution < 1.29 is 17.6 Å². The molecule has 1 amide bonds. The number of anilines is 1. The van der Waals surface area contributed by atoms with Crippen LogP contribution in [0.2, 0.25) is 0 Å². The molecule has 0 radical (unpaired) electrons. The van der Waals surface area contributed by atoms with Crippen LogP contribution in [0.4, 0.5) is 10.1 Å². The molecule has 0 aromatic heterocycles. The Labute approximate surface area is 131 Å². The highest BCUT2D eigenvalue weighted by Gasteiger charge is 2.23. The standard InChI is InChI=1S/C12H17BrFN3O3S/c1-3-17(4-2)11(18)7-16-21(19,20)10-6-8(15)5-9(13)12(10)14/h5-6,16H,3-4,7,15H2,1-2H3. The van der Waals surface area contributed by atoms with Crippen LogP contribution in [0.3, 0.4) is 0 Å². The van der Waals surface area contributed by atoms with Gasteiger partial charge in [0, 0.05) is 18.8 Å². The number of hydrogen-bond acceptors (Lipinski definition) is 4. The molecule has 1 aromatic carbocycles. The van der Waals surface area contributed by atoms with E-state index < -0.39 is 27.3 Å². The minimum atomic E-state index is -4.16. The number of benzene rings is 1. The Morgan fingerprint density at radius 2 is 1.95 bits per heavy atom. The zero-order chi connectivity index (χ0) is 16.2. The summed E-state index contributed by atoms with van der Waals surface area (Å²) in [4.78, 5) is 12.6. The van der Waals surface area contributed by atoms with Crippen molar-refractivity contribution in [3.63, 3.8) is 0 Å². The highest BCUT2D eigenvalue weighted by atomic mass is 79.9. The summed E-state index contributed by atoms with van der Waals surface area (Å²) in [6.45, 7) is 4.07. The summed E-state index contributed by atoms with van der Waals surface area (Å²) in [6, 6.07) is 2.26. The predicted molar refractivity (Wildman–Crippen MR) is 81.6 cm³/mol. The molecule has 3 N–H and O–H groups in total. The van der Waals surface area contributed by atoms with E-state index in [1.165, 1.54) is 11.0 Å². The summed E-state index contributed by atoms with van der Waals surface area (Å²) >= 11 is 2.89. The second-order valence-corrected chi connectivity index (χ2v) is 6.80. The molecule has 0 aliphatic carbocycles. The fraction of sp³-hybridized carbons (Fsp3) is 0.417. The summed E-state index contributed by atoms with van der Waals surface area (Å²) in [5.74, 6) is -1.33. The lowest BCUT2D eigenvalue weighted by Gasteiger charge is -2.18. The number of halogens is 2. The Kier molecular flexibility index (Phi) is 6.11. The number of likely N-dealkylation sites (N-methyl/N-ethyl adjacent to an activating group) is 1. The Hall–Kier alpha value is -1.19. The molecular weight excluding hydrogens is 365 g/mol. The molecule has 0 bridgehead atoms. The van der Waals surface area contributed by atoms with Crippen LogP contribution in [0.15, 0.2) is 21.5 Å². The average Bonchev–Trinajstić information content (AvgIpc) is 2.42. The van der Waals surface area contributed by atoms with Crippen LogP contribution in [-0.2, 0) is 14.8 Å². The van der Waals surface area contributed by atoms with Gasteiger partial charge in [-0.2, -0.15) is 0 Å². The molecule has 6 nitrogen and oxygen atoms in total. The first-order chi connectivity index (χ1) is 9.72. The van der Waals surface area contributed by atoms with Gasteiger partial charge in [0.15, 0.2) is 5.82 Å². The van der Waals surface area contributed by atoms with Gasteiger partial charge in [-0.3, -0.25) is 4.79 Å². The normalized spacial score (nSPS) is 11.4. The first-order valence-electron chi connectivity index (χ1n) is 6.24. The van der Waals surface area contributed by atoms with E-state index in [1.54, 1.807) is 13.8 Å². The van der Waals surface area contributed by atoms with Crippen LogP contribution in [0.25, 0.3) is 0 Å². The van der Waals surface area contributed by atoms with Crippen molar-refractivity contribution in [1.29, 1.82) is 0 Å². The van der Waals surface area contributed by atoms with Gasteiger partial charge in [-0.15, -0.1) is 0 Å². The third kappa shape index (κ3) is 4.39. The lowest BCUT2D eigenvalue weighted by Crippen LogP contribution is -2.40. The van der Waals surface area contributed by atoms with E-state index in [0.717, 1.165) is 6.07 Å². The van der Waals surface area contributed by atoms with Crippen LogP contribution < -0.4 is 10.5 Å². The number of nitrogens with zero attached hydrogens (tertiary/aromatic N) is 1. The second kappa shape index (κ2) is 7.19. The number of carbonyl (C=O) groups is 1. The largest absolute Gasteiger partial charge is 0.399 e. The van der Waals surface area contributed by atoms with Crippen LogP contribution in [0.5, 0.6) is 0 Å². The van der Waals surface area contributed by atoms with Crippen molar-refractivity contribution in [3.8, 4) is 0 Å². The number of hydrogen-bond donors (Lipinski definition) is 2. The van der Waals surface area contributed by atoms with Crippen molar-refractivity contribution in [3.05, 3.63) is 22.4 Å². The van der Waals surface area contributed by atoms with Crippen molar-refractivity contribution >= 4 is 37.5 Å². The zero-order valence-corrected chi connectivity index (χ0v) is 14.1. The maximum Gasteiger partial charge on any atom is 0.244 e. The smallest absolute Gasteiger partial charge is 0.244 e. The Balaban J connectivity index is 2.96. The van der Waals surface area contributed by atoms with Gasteiger partial charge < -0.3 is 10.6 Å². The van der Waals surface area contributed by atoms with E-state index in [0.29, 0.717) is 13.1 Å². The molecule has 0 spiro atoms. The third-order valence-corrected chi connectivity index (χ3v) is 4.81. The SMILES string of the molecule is CCN(CC)C(=O)CNS(=O)(=O)c1cc(N)cc(Br)c1F. The fourth-order valence-electron chi connectivity index (χ4n) is 1.70. The van der Waals surface area contributed by atoms with Gasteiger partial charge in [0.25, 0.3) is 0 Å². The molecular formula is C12H17BrFN3O3S. The van der Waals surface area contributed by atoms with Gasteiger partial charge in [0.1, 0.15) is 4.90 Å². The van der Waals surface area contributed by atoms with Crippen molar-refractivity contribution in [1.82, 2.24) is 9.62 Å². The summed E-state index contributed by atoms with van der Waals surface area (Å²) in [7, 11) is -4.16. The van der Waals surface area contributed by atoms with E-state index in [4.69, 9.17) is 5.73 Å². The summed E-state index contributed by atoms with van der Waals surface area (Å²) in [6.07, 6.45) is 0. The Bertz CT molecular complexity index is 633. The van der Waals surface area contributed by atoms with Crippen LogP contribution in [-0.4, -0.2) is 38.9 Å². The van der Waals surface area contributed by atoms with Gasteiger partial charge in [0.05, 0.1) is 11.0 Å². The molecule has 0 fully saturated rings. The molecule has 0 aliphatic rings. The van der Waals surface area contributed by atoms with E-state index in [2.05, 4.69) is 20.7 Å². The minimum Gasteiger partial charge on any atom is -0.399 e. The van der Waals surface area contributed by atoms with Gasteiger partial charge in [-0.1, -0.05) is 0 Å². The van der Waals surface area contributed by atoms with E-state index in [9.17, 15) is 17.6 Å². The molecule has 21 heavy (non-hydrogen) atoms. The van der Waals surface area contributed by atoms with E-state index in [1.807, 2.05) is 0 Å². The van der Waals surface area contributed by atoms with Crippen molar-refractivity contribution in [2.75, 3.05) is 25.4 Å². The highest BCUT2D eigenvalue weighted by molar-refractivity contribution is 9.10. The number of nitrogen functional groups attached to an aromatic ring is 1. The lowest BCUT2D eigenvalue weighted by molar-refractivity contribution is -0.129. The van der Waals surface area contributed by atoms with Crippen LogP contribution in [0, 0.1) is 5.82 Å². The molecule has 0 atom stereocenters. The van der Waals surface area contributed by atoms with Crippen molar-refractivity contribution in [2.24, 2.45) is 0 Å². The maximum absolute atomic E-state index is 13.9. The molecule has 1 aromatic rings. The maximum atomic E-state index is 13.9. The minimum absolute atomic E-state index is 0.0575.